The molecule has 0 unspecified atom stereocenters. The van der Waals surface area contributed by atoms with Gasteiger partial charge < -0.3 is 15.0 Å². The van der Waals surface area contributed by atoms with Crippen LogP contribution in [-0.4, -0.2) is 35.3 Å². The van der Waals surface area contributed by atoms with Crippen LogP contribution in [0.3, 0.4) is 0 Å². The van der Waals surface area contributed by atoms with E-state index in [9.17, 15) is 4.79 Å². The van der Waals surface area contributed by atoms with Crippen molar-refractivity contribution in [2.75, 3.05) is 19.4 Å². The number of hydrogen-bond donors (Lipinski definition) is 2. The molecule has 0 spiro atoms. The van der Waals surface area contributed by atoms with E-state index in [1.54, 1.807) is 18.4 Å². The van der Waals surface area contributed by atoms with Gasteiger partial charge in [-0.15, -0.1) is 11.3 Å². The molecule has 2 aromatic heterocycles. The summed E-state index contributed by atoms with van der Waals surface area (Å²) in [5.74, 6) is 1.15. The summed E-state index contributed by atoms with van der Waals surface area (Å²) in [4.78, 5) is 20.8. The molecule has 2 N–H and O–H groups in total. The maximum atomic E-state index is 11.9. The Hall–Kier alpha value is -1.99. The molecular weight excluding hydrogens is 330 g/mol. The predicted octanol–water partition coefficient (Wildman–Crippen LogP) is 3.08. The third-order valence-electron chi connectivity index (χ3n) is 3.28. The Morgan fingerprint density at radius 2 is 2.35 bits per heavy atom. The van der Waals surface area contributed by atoms with Gasteiger partial charge in [-0.3, -0.25) is 4.79 Å². The zero-order chi connectivity index (χ0) is 16.1. The number of thiophene rings is 1. The maximum absolute atomic E-state index is 11.9. The first-order valence-electron chi connectivity index (χ1n) is 7.20. The molecule has 0 radical (unpaired) electrons. The fourth-order valence-corrected chi connectivity index (χ4v) is 3.55. The smallest absolute Gasteiger partial charge is 0.230 e. The minimum absolute atomic E-state index is 0.0181. The Labute approximate surface area is 142 Å². The van der Waals surface area contributed by atoms with Crippen LogP contribution in [0.25, 0.3) is 11.0 Å². The molecule has 2 heterocycles. The quantitative estimate of drug-likeness (QED) is 0.645. The SMILES string of the molecule is COc1ccc2nc(SCC(=O)NCCc3cccs3)[nH]c2c1. The largest absolute Gasteiger partial charge is 0.497 e. The number of amides is 1. The second kappa shape index (κ2) is 7.52. The molecule has 5 nitrogen and oxygen atoms in total. The van der Waals surface area contributed by atoms with Crippen LogP contribution in [0, 0.1) is 0 Å². The summed E-state index contributed by atoms with van der Waals surface area (Å²) in [5.41, 5.74) is 1.77. The Bertz CT molecular complexity index is 784. The molecule has 7 heteroatoms. The van der Waals surface area contributed by atoms with Crippen molar-refractivity contribution in [3.63, 3.8) is 0 Å². The van der Waals surface area contributed by atoms with E-state index < -0.39 is 0 Å². The highest BCUT2D eigenvalue weighted by atomic mass is 32.2. The summed E-state index contributed by atoms with van der Waals surface area (Å²) < 4.78 is 5.19. The van der Waals surface area contributed by atoms with Gasteiger partial charge in [0.05, 0.1) is 23.9 Å². The van der Waals surface area contributed by atoms with E-state index in [4.69, 9.17) is 4.74 Å². The van der Waals surface area contributed by atoms with Gasteiger partial charge in [-0.2, -0.15) is 0 Å². The molecule has 0 bridgehead atoms. The topological polar surface area (TPSA) is 67.0 Å². The lowest BCUT2D eigenvalue weighted by molar-refractivity contribution is -0.118. The third kappa shape index (κ3) is 4.27. The van der Waals surface area contributed by atoms with E-state index in [1.807, 2.05) is 29.6 Å². The van der Waals surface area contributed by atoms with Gasteiger partial charge in [0.15, 0.2) is 5.16 Å². The van der Waals surface area contributed by atoms with Gasteiger partial charge in [-0.1, -0.05) is 17.8 Å². The molecule has 0 aliphatic rings. The fraction of sp³-hybridized carbons (Fsp3) is 0.250. The Morgan fingerprint density at radius 1 is 1.43 bits per heavy atom. The number of aromatic amines is 1. The first kappa shape index (κ1) is 15.9. The second-order valence-electron chi connectivity index (χ2n) is 4.89. The van der Waals surface area contributed by atoms with Crippen molar-refractivity contribution in [2.45, 2.75) is 11.6 Å². The number of imidazole rings is 1. The first-order valence-corrected chi connectivity index (χ1v) is 9.07. The number of thioether (sulfide) groups is 1. The highest BCUT2D eigenvalue weighted by molar-refractivity contribution is 7.99. The number of carbonyl (C=O) groups excluding carboxylic acids is 1. The van der Waals surface area contributed by atoms with Crippen LogP contribution in [0.15, 0.2) is 40.9 Å². The van der Waals surface area contributed by atoms with Gasteiger partial charge in [0.25, 0.3) is 0 Å². The van der Waals surface area contributed by atoms with Crippen LogP contribution in [-0.2, 0) is 11.2 Å². The van der Waals surface area contributed by atoms with Gasteiger partial charge in [0, 0.05) is 17.5 Å². The number of H-pyrrole nitrogens is 1. The maximum Gasteiger partial charge on any atom is 0.230 e. The minimum Gasteiger partial charge on any atom is -0.497 e. The summed E-state index contributed by atoms with van der Waals surface area (Å²) in [6.45, 7) is 0.664. The Kier molecular flexibility index (Phi) is 5.19. The average molecular weight is 347 g/mol. The van der Waals surface area contributed by atoms with Crippen molar-refractivity contribution in [3.8, 4) is 5.75 Å². The molecule has 0 saturated heterocycles. The number of methoxy groups -OCH3 is 1. The summed E-state index contributed by atoms with van der Waals surface area (Å²) in [6.07, 6.45) is 0.874. The summed E-state index contributed by atoms with van der Waals surface area (Å²) in [7, 11) is 1.63. The molecule has 1 amide bonds. The number of aromatic nitrogens is 2. The van der Waals surface area contributed by atoms with Crippen LogP contribution in [0.4, 0.5) is 0 Å². The van der Waals surface area contributed by atoms with Gasteiger partial charge in [0.2, 0.25) is 5.91 Å². The monoisotopic (exact) mass is 347 g/mol. The lowest BCUT2D eigenvalue weighted by atomic mass is 10.3. The molecule has 3 rings (SSSR count). The van der Waals surface area contributed by atoms with Gasteiger partial charge in [0.1, 0.15) is 5.75 Å². The zero-order valence-corrected chi connectivity index (χ0v) is 14.3. The summed E-state index contributed by atoms with van der Waals surface area (Å²) in [6, 6.07) is 9.76. The summed E-state index contributed by atoms with van der Waals surface area (Å²) >= 11 is 3.11. The number of nitrogens with one attached hydrogen (secondary N) is 2. The van der Waals surface area contributed by atoms with E-state index in [0.29, 0.717) is 12.3 Å². The molecular formula is C16H17N3O2S2. The van der Waals surface area contributed by atoms with E-state index in [-0.39, 0.29) is 5.91 Å². The van der Waals surface area contributed by atoms with Crippen molar-refractivity contribution in [1.82, 2.24) is 15.3 Å². The molecule has 0 aliphatic carbocycles. The molecule has 23 heavy (non-hydrogen) atoms. The molecule has 3 aromatic rings. The molecule has 120 valence electrons. The molecule has 1 aromatic carbocycles. The number of benzene rings is 1. The average Bonchev–Trinajstić information content (AvgIpc) is 3.21. The lowest BCUT2D eigenvalue weighted by Crippen LogP contribution is -2.27. The molecule has 0 atom stereocenters. The molecule has 0 saturated carbocycles. The second-order valence-corrected chi connectivity index (χ2v) is 6.89. The molecule has 0 aliphatic heterocycles. The van der Waals surface area contributed by atoms with Crippen LogP contribution in [0.1, 0.15) is 4.88 Å². The standard InChI is InChI=1S/C16H17N3O2S2/c1-21-11-4-5-13-14(9-11)19-16(18-13)23-10-15(20)17-7-6-12-3-2-8-22-12/h2-5,8-9H,6-7,10H2,1H3,(H,17,20)(H,18,19). The van der Waals surface area contributed by atoms with Crippen molar-refractivity contribution in [2.24, 2.45) is 0 Å². The molecule has 0 fully saturated rings. The van der Waals surface area contributed by atoms with E-state index >= 15 is 0 Å². The zero-order valence-electron chi connectivity index (χ0n) is 12.7. The van der Waals surface area contributed by atoms with E-state index in [0.717, 1.165) is 28.4 Å². The highest BCUT2D eigenvalue weighted by Gasteiger charge is 2.08. The Balaban J connectivity index is 1.48. The number of fused-ring (bicyclic) bond motifs is 1. The van der Waals surface area contributed by atoms with Crippen LogP contribution >= 0.6 is 23.1 Å². The Morgan fingerprint density at radius 3 is 3.13 bits per heavy atom. The van der Waals surface area contributed by atoms with Crippen molar-refractivity contribution < 1.29 is 9.53 Å². The van der Waals surface area contributed by atoms with Crippen LogP contribution in [0.2, 0.25) is 0 Å². The van der Waals surface area contributed by atoms with E-state index in [1.165, 1.54) is 16.6 Å². The number of ether oxygens (including phenoxy) is 1. The van der Waals surface area contributed by atoms with Crippen LogP contribution in [0.5, 0.6) is 5.75 Å². The highest BCUT2D eigenvalue weighted by Crippen LogP contribution is 2.22. The minimum atomic E-state index is 0.0181. The predicted molar refractivity (Wildman–Crippen MR) is 94.4 cm³/mol. The van der Waals surface area contributed by atoms with Gasteiger partial charge in [-0.25, -0.2) is 4.98 Å². The van der Waals surface area contributed by atoms with Crippen molar-refractivity contribution in [3.05, 3.63) is 40.6 Å². The normalized spacial score (nSPS) is 10.8. The number of hydrogen-bond acceptors (Lipinski definition) is 5. The van der Waals surface area contributed by atoms with E-state index in [2.05, 4.69) is 21.4 Å². The summed E-state index contributed by atoms with van der Waals surface area (Å²) in [5, 5.41) is 5.71. The van der Waals surface area contributed by atoms with Crippen molar-refractivity contribution in [1.29, 1.82) is 0 Å². The van der Waals surface area contributed by atoms with Crippen molar-refractivity contribution >= 4 is 40.0 Å². The number of rotatable bonds is 7. The van der Waals surface area contributed by atoms with Crippen LogP contribution < -0.4 is 10.1 Å². The number of carbonyl (C=O) groups is 1. The fourth-order valence-electron chi connectivity index (χ4n) is 2.13. The van der Waals surface area contributed by atoms with Gasteiger partial charge in [-0.05, 0) is 30.0 Å². The number of nitrogens with zero attached hydrogens (tertiary/aromatic N) is 1. The lowest BCUT2D eigenvalue weighted by Gasteiger charge is -2.02. The first-order chi connectivity index (χ1) is 11.2. The third-order valence-corrected chi connectivity index (χ3v) is 5.09. The van der Waals surface area contributed by atoms with Gasteiger partial charge >= 0.3 is 0 Å².